The first-order valence-corrected chi connectivity index (χ1v) is 16.0. The summed E-state index contributed by atoms with van der Waals surface area (Å²) in [6.07, 6.45) is -0.566. The van der Waals surface area contributed by atoms with E-state index in [0.29, 0.717) is 22.8 Å². The Morgan fingerprint density at radius 2 is 1.76 bits per heavy atom. The van der Waals surface area contributed by atoms with Crippen LogP contribution in [0.25, 0.3) is 0 Å². The van der Waals surface area contributed by atoms with Gasteiger partial charge in [-0.2, -0.15) is 0 Å². The van der Waals surface area contributed by atoms with Crippen molar-refractivity contribution in [1.82, 2.24) is 15.4 Å². The Balaban J connectivity index is 1.37. The fourth-order valence-corrected chi connectivity index (χ4v) is 5.76. The van der Waals surface area contributed by atoms with Gasteiger partial charge in [0.15, 0.2) is 0 Å². The number of hydrogen-bond acceptors (Lipinski definition) is 8. The van der Waals surface area contributed by atoms with Crippen LogP contribution in [0.4, 0.5) is 4.79 Å². The van der Waals surface area contributed by atoms with Crippen LogP contribution in [0.3, 0.4) is 0 Å². The highest BCUT2D eigenvalue weighted by molar-refractivity contribution is 7.88. The lowest BCUT2D eigenvalue weighted by Crippen LogP contribution is -2.57. The standard InChI is InChI=1S/C28H38ClN3O8S/c1-41(37,38)31-12-13-39-21-9-6-17(7-10-21)14-19-15-18(8-11-22(19)29)27-26(35)25(34)24(33)23(40-27)16-30-28(36)32-20-4-2-3-5-20/h6-11,15,20,23-27,31,33-35H,2-5,12-14,16H2,1H3,(H2,30,32,36)/t23-,24-,25+,26-,27+/m1/s1. The molecule has 0 aromatic heterocycles. The number of aliphatic hydroxyl groups is 3. The van der Waals surface area contributed by atoms with E-state index in [1.807, 2.05) is 12.1 Å². The molecule has 0 unspecified atom stereocenters. The summed E-state index contributed by atoms with van der Waals surface area (Å²) in [7, 11) is -3.27. The molecule has 2 aromatic rings. The van der Waals surface area contributed by atoms with Crippen LogP contribution in [0.15, 0.2) is 42.5 Å². The van der Waals surface area contributed by atoms with Crippen molar-refractivity contribution in [2.45, 2.75) is 68.7 Å². The molecule has 1 aliphatic carbocycles. The molecule has 4 rings (SSSR count). The zero-order chi connectivity index (χ0) is 29.6. The lowest BCUT2D eigenvalue weighted by molar-refractivity contribution is -0.222. The second-order valence-corrected chi connectivity index (χ2v) is 12.8. The smallest absolute Gasteiger partial charge is 0.315 e. The molecule has 13 heteroatoms. The van der Waals surface area contributed by atoms with Gasteiger partial charge >= 0.3 is 6.03 Å². The van der Waals surface area contributed by atoms with Crippen molar-refractivity contribution in [2.24, 2.45) is 0 Å². The Hall–Kier alpha value is -2.45. The van der Waals surface area contributed by atoms with Gasteiger partial charge < -0.3 is 35.4 Å². The van der Waals surface area contributed by atoms with Gasteiger partial charge in [-0.15, -0.1) is 0 Å². The molecule has 5 atom stereocenters. The fourth-order valence-electron chi connectivity index (χ4n) is 5.12. The molecule has 1 heterocycles. The third kappa shape index (κ3) is 9.02. The summed E-state index contributed by atoms with van der Waals surface area (Å²) < 4.78 is 36.2. The Bertz CT molecular complexity index is 1270. The minimum Gasteiger partial charge on any atom is -0.492 e. The van der Waals surface area contributed by atoms with Gasteiger partial charge in [0.25, 0.3) is 0 Å². The quantitative estimate of drug-likeness (QED) is 0.209. The monoisotopic (exact) mass is 611 g/mol. The Kier molecular flexibility index (Phi) is 10.9. The summed E-state index contributed by atoms with van der Waals surface area (Å²) in [6.45, 7) is 0.305. The van der Waals surface area contributed by atoms with Crippen molar-refractivity contribution in [3.8, 4) is 5.75 Å². The number of sulfonamides is 1. The first-order valence-electron chi connectivity index (χ1n) is 13.7. The fraction of sp³-hybridized carbons (Fsp3) is 0.536. The second kappa shape index (κ2) is 14.1. The SMILES string of the molecule is CS(=O)(=O)NCCOc1ccc(Cc2cc([C@@H]3O[C@H](CNC(=O)NC4CCCC4)[C@@H](O)[C@H](O)[C@H]3O)ccc2Cl)cc1. The first-order chi connectivity index (χ1) is 19.5. The van der Waals surface area contributed by atoms with E-state index in [1.165, 1.54) is 0 Å². The Labute approximate surface area is 245 Å². The number of urea groups is 1. The summed E-state index contributed by atoms with van der Waals surface area (Å²) in [5.41, 5.74) is 2.26. The molecule has 1 saturated heterocycles. The number of amides is 2. The predicted octanol–water partition coefficient (Wildman–Crippen LogP) is 1.62. The predicted molar refractivity (Wildman–Crippen MR) is 153 cm³/mol. The highest BCUT2D eigenvalue weighted by atomic mass is 35.5. The first kappa shape index (κ1) is 31.5. The Morgan fingerprint density at radius 1 is 1.05 bits per heavy atom. The van der Waals surface area contributed by atoms with Crippen LogP contribution in [0, 0.1) is 0 Å². The van der Waals surface area contributed by atoms with Crippen molar-refractivity contribution in [3.05, 3.63) is 64.2 Å². The number of benzene rings is 2. The average molecular weight is 612 g/mol. The van der Waals surface area contributed by atoms with Gasteiger partial charge in [-0.25, -0.2) is 17.9 Å². The van der Waals surface area contributed by atoms with E-state index in [0.717, 1.165) is 43.1 Å². The molecule has 41 heavy (non-hydrogen) atoms. The van der Waals surface area contributed by atoms with Crippen LogP contribution in [-0.2, 0) is 21.2 Å². The van der Waals surface area contributed by atoms with E-state index in [2.05, 4.69) is 15.4 Å². The van der Waals surface area contributed by atoms with Crippen molar-refractivity contribution >= 4 is 27.7 Å². The molecule has 2 aromatic carbocycles. The molecular weight excluding hydrogens is 574 g/mol. The maximum absolute atomic E-state index is 12.3. The van der Waals surface area contributed by atoms with E-state index in [1.54, 1.807) is 30.3 Å². The molecule has 0 spiro atoms. The number of rotatable bonds is 11. The highest BCUT2D eigenvalue weighted by Crippen LogP contribution is 2.34. The lowest BCUT2D eigenvalue weighted by Gasteiger charge is -2.41. The normalized spacial score (nSPS) is 25.1. The molecule has 1 saturated carbocycles. The molecule has 2 amide bonds. The van der Waals surface area contributed by atoms with E-state index in [4.69, 9.17) is 21.1 Å². The van der Waals surface area contributed by atoms with Gasteiger partial charge in [0.1, 0.15) is 42.9 Å². The van der Waals surface area contributed by atoms with Crippen LogP contribution >= 0.6 is 11.6 Å². The molecule has 6 N–H and O–H groups in total. The third-order valence-corrected chi connectivity index (χ3v) is 8.42. The average Bonchev–Trinajstić information content (AvgIpc) is 3.44. The van der Waals surface area contributed by atoms with Crippen molar-refractivity contribution < 1.29 is 38.0 Å². The summed E-state index contributed by atoms with van der Waals surface area (Å²) in [4.78, 5) is 12.3. The van der Waals surface area contributed by atoms with Crippen LogP contribution in [-0.4, -0.2) is 86.2 Å². The minimum absolute atomic E-state index is 0.0425. The lowest BCUT2D eigenvalue weighted by atomic mass is 9.90. The van der Waals surface area contributed by atoms with Crippen molar-refractivity contribution in [3.63, 3.8) is 0 Å². The van der Waals surface area contributed by atoms with Gasteiger partial charge in [0.05, 0.1) is 6.26 Å². The van der Waals surface area contributed by atoms with E-state index >= 15 is 0 Å². The largest absolute Gasteiger partial charge is 0.492 e. The topological polar surface area (TPSA) is 166 Å². The second-order valence-electron chi connectivity index (χ2n) is 10.6. The molecule has 0 radical (unpaired) electrons. The van der Waals surface area contributed by atoms with Crippen molar-refractivity contribution in [1.29, 1.82) is 0 Å². The summed E-state index contributed by atoms with van der Waals surface area (Å²) in [5.74, 6) is 0.590. The zero-order valence-electron chi connectivity index (χ0n) is 22.8. The molecule has 226 valence electrons. The third-order valence-electron chi connectivity index (χ3n) is 7.32. The summed E-state index contributed by atoms with van der Waals surface area (Å²) in [5, 5.41) is 38.0. The van der Waals surface area contributed by atoms with Crippen molar-refractivity contribution in [2.75, 3.05) is 26.0 Å². The van der Waals surface area contributed by atoms with Crippen LogP contribution in [0.1, 0.15) is 48.5 Å². The van der Waals surface area contributed by atoms with E-state index in [-0.39, 0.29) is 31.8 Å². The number of hydrogen-bond donors (Lipinski definition) is 6. The van der Waals surface area contributed by atoms with Gasteiger partial charge in [0.2, 0.25) is 10.0 Å². The molecule has 2 fully saturated rings. The number of halogens is 1. The van der Waals surface area contributed by atoms with Gasteiger partial charge in [0, 0.05) is 24.2 Å². The van der Waals surface area contributed by atoms with Gasteiger partial charge in [-0.05, 0) is 54.2 Å². The highest BCUT2D eigenvalue weighted by Gasteiger charge is 2.44. The number of ether oxygens (including phenoxy) is 2. The maximum Gasteiger partial charge on any atom is 0.315 e. The van der Waals surface area contributed by atoms with Gasteiger partial charge in [-0.1, -0.05) is 48.7 Å². The molecule has 2 aliphatic rings. The minimum atomic E-state index is -3.27. The molecule has 1 aliphatic heterocycles. The van der Waals surface area contributed by atoms with Gasteiger partial charge in [-0.3, -0.25) is 0 Å². The van der Waals surface area contributed by atoms with Crippen LogP contribution in [0.2, 0.25) is 5.02 Å². The van der Waals surface area contributed by atoms with Crippen LogP contribution < -0.4 is 20.1 Å². The molecule has 11 nitrogen and oxygen atoms in total. The summed E-state index contributed by atoms with van der Waals surface area (Å²) >= 11 is 6.48. The molecular formula is C28H38ClN3O8S. The maximum atomic E-state index is 12.3. The number of carbonyl (C=O) groups is 1. The van der Waals surface area contributed by atoms with E-state index in [9.17, 15) is 28.5 Å². The number of aliphatic hydroxyl groups excluding tert-OH is 3. The van der Waals surface area contributed by atoms with E-state index < -0.39 is 40.5 Å². The Morgan fingerprint density at radius 3 is 2.44 bits per heavy atom. The number of carbonyl (C=O) groups excluding carboxylic acids is 1. The number of nitrogens with one attached hydrogen (secondary N) is 3. The van der Waals surface area contributed by atoms with Crippen LogP contribution in [0.5, 0.6) is 5.75 Å². The molecule has 0 bridgehead atoms. The summed E-state index contributed by atoms with van der Waals surface area (Å²) in [6, 6.07) is 12.2. The zero-order valence-corrected chi connectivity index (χ0v) is 24.4.